The highest BCUT2D eigenvalue weighted by atomic mass is 32.2. The van der Waals surface area contributed by atoms with E-state index in [4.69, 9.17) is 5.11 Å². The molecule has 1 N–H and O–H groups in total. The first kappa shape index (κ1) is 8.39. The Balaban J connectivity index is 2.18. The topological polar surface area (TPSA) is 63.6 Å². The highest BCUT2D eigenvalue weighted by Gasteiger charge is 2.24. The zero-order valence-electron chi connectivity index (χ0n) is 5.78. The summed E-state index contributed by atoms with van der Waals surface area (Å²) in [5.74, 6) is -1.04. The number of ether oxygens (including phenoxy) is 1. The second-order valence-corrected chi connectivity index (χ2v) is 3.50. The van der Waals surface area contributed by atoms with Gasteiger partial charge in [-0.2, -0.15) is 0 Å². The number of aliphatic carboxylic acids is 1. The highest BCUT2D eigenvalue weighted by molar-refractivity contribution is 8.00. The Hall–Kier alpha value is -0.710. The third-order valence-electron chi connectivity index (χ3n) is 1.27. The number of esters is 1. The van der Waals surface area contributed by atoms with Gasteiger partial charge in [-0.15, -0.1) is 11.8 Å². The highest BCUT2D eigenvalue weighted by Crippen LogP contribution is 2.20. The normalized spacial score (nSPS) is 23.3. The number of carboxylic acids is 1. The number of hydrogen-bond donors (Lipinski definition) is 1. The predicted molar refractivity (Wildman–Crippen MR) is 39.5 cm³/mol. The number of thioether (sulfide) groups is 1. The van der Waals surface area contributed by atoms with Crippen molar-refractivity contribution in [3.63, 3.8) is 0 Å². The number of rotatable bonds is 3. The molecule has 11 heavy (non-hydrogen) atoms. The zero-order valence-corrected chi connectivity index (χ0v) is 6.60. The Morgan fingerprint density at radius 2 is 2.55 bits per heavy atom. The molecule has 5 heteroatoms. The van der Waals surface area contributed by atoms with Crippen molar-refractivity contribution < 1.29 is 19.4 Å². The summed E-state index contributed by atoms with van der Waals surface area (Å²) in [6.45, 7) is 0.358. The van der Waals surface area contributed by atoms with Crippen molar-refractivity contribution in [3.8, 4) is 0 Å². The van der Waals surface area contributed by atoms with Gasteiger partial charge >= 0.3 is 11.9 Å². The summed E-state index contributed by atoms with van der Waals surface area (Å²) in [5, 5.41) is 8.33. The number of cyclic esters (lactones) is 1. The Labute approximate surface area is 67.9 Å². The van der Waals surface area contributed by atoms with Crippen LogP contribution in [0.2, 0.25) is 0 Å². The predicted octanol–water partition coefficient (Wildman–Crippen LogP) is 0.120. The van der Waals surface area contributed by atoms with E-state index in [0.717, 1.165) is 0 Å². The van der Waals surface area contributed by atoms with Crippen molar-refractivity contribution in [1.29, 1.82) is 0 Å². The monoisotopic (exact) mass is 176 g/mol. The number of carbonyl (C=O) groups is 2. The smallest absolute Gasteiger partial charge is 0.313 e. The molecule has 0 radical (unpaired) electrons. The van der Waals surface area contributed by atoms with Gasteiger partial charge in [0, 0.05) is 0 Å². The SMILES string of the molecule is O=C(O)CSC1COC(=O)C1. The summed E-state index contributed by atoms with van der Waals surface area (Å²) in [6, 6.07) is 0. The molecule has 0 spiro atoms. The van der Waals surface area contributed by atoms with Gasteiger partial charge in [-0.05, 0) is 0 Å². The summed E-state index contributed by atoms with van der Waals surface area (Å²) in [7, 11) is 0. The van der Waals surface area contributed by atoms with E-state index in [-0.39, 0.29) is 17.0 Å². The lowest BCUT2D eigenvalue weighted by Gasteiger charge is -2.00. The lowest BCUT2D eigenvalue weighted by molar-refractivity contribution is -0.138. The number of hydrogen-bond acceptors (Lipinski definition) is 4. The first-order valence-electron chi connectivity index (χ1n) is 3.17. The minimum Gasteiger partial charge on any atom is -0.481 e. The molecule has 0 saturated carbocycles. The molecule has 1 rings (SSSR count). The first-order valence-corrected chi connectivity index (χ1v) is 4.22. The molecule has 0 aliphatic carbocycles. The molecule has 0 aromatic rings. The average Bonchev–Trinajstić information content (AvgIpc) is 2.31. The molecule has 1 fully saturated rings. The molecule has 62 valence electrons. The van der Waals surface area contributed by atoms with Crippen molar-refractivity contribution in [2.45, 2.75) is 11.7 Å². The van der Waals surface area contributed by atoms with Gasteiger partial charge in [0.15, 0.2) is 0 Å². The van der Waals surface area contributed by atoms with Gasteiger partial charge in [0.25, 0.3) is 0 Å². The summed E-state index contributed by atoms with van der Waals surface area (Å²) < 4.78 is 4.65. The van der Waals surface area contributed by atoms with E-state index in [1.165, 1.54) is 11.8 Å². The van der Waals surface area contributed by atoms with Crippen LogP contribution in [0, 0.1) is 0 Å². The van der Waals surface area contributed by atoms with Crippen LogP contribution < -0.4 is 0 Å². The van der Waals surface area contributed by atoms with Gasteiger partial charge in [-0.25, -0.2) is 0 Å². The van der Waals surface area contributed by atoms with Crippen LogP contribution in [0.4, 0.5) is 0 Å². The van der Waals surface area contributed by atoms with E-state index in [2.05, 4.69) is 4.74 Å². The molecule has 1 aliphatic heterocycles. The zero-order chi connectivity index (χ0) is 8.27. The lowest BCUT2D eigenvalue weighted by Crippen LogP contribution is -2.07. The van der Waals surface area contributed by atoms with E-state index in [0.29, 0.717) is 13.0 Å². The summed E-state index contributed by atoms with van der Waals surface area (Å²) in [4.78, 5) is 20.6. The number of carbonyl (C=O) groups excluding carboxylic acids is 1. The van der Waals surface area contributed by atoms with Crippen molar-refractivity contribution in [1.82, 2.24) is 0 Å². The summed E-state index contributed by atoms with van der Waals surface area (Å²) in [6.07, 6.45) is 0.345. The maximum atomic E-state index is 10.5. The maximum Gasteiger partial charge on any atom is 0.313 e. The fourth-order valence-electron chi connectivity index (χ4n) is 0.786. The van der Waals surface area contributed by atoms with Crippen LogP contribution in [0.15, 0.2) is 0 Å². The molecule has 0 aromatic carbocycles. The van der Waals surface area contributed by atoms with Crippen LogP contribution in [0.25, 0.3) is 0 Å². The van der Waals surface area contributed by atoms with Crippen LogP contribution in [0.1, 0.15) is 6.42 Å². The van der Waals surface area contributed by atoms with Gasteiger partial charge < -0.3 is 9.84 Å². The second kappa shape index (κ2) is 3.61. The molecular weight excluding hydrogens is 168 g/mol. The van der Waals surface area contributed by atoms with E-state index < -0.39 is 5.97 Å². The van der Waals surface area contributed by atoms with E-state index in [1.807, 2.05) is 0 Å². The fourth-order valence-corrected chi connectivity index (χ4v) is 1.58. The van der Waals surface area contributed by atoms with Gasteiger partial charge in [0.2, 0.25) is 0 Å². The standard InChI is InChI=1S/C6H8O4S/c7-5(8)3-11-4-1-6(9)10-2-4/h4H,1-3H2,(H,7,8). The van der Waals surface area contributed by atoms with Crippen molar-refractivity contribution in [2.75, 3.05) is 12.4 Å². The van der Waals surface area contributed by atoms with E-state index in [9.17, 15) is 9.59 Å². The Kier molecular flexibility index (Phi) is 2.76. The van der Waals surface area contributed by atoms with E-state index in [1.54, 1.807) is 0 Å². The van der Waals surface area contributed by atoms with Crippen LogP contribution >= 0.6 is 11.8 Å². The largest absolute Gasteiger partial charge is 0.481 e. The Bertz CT molecular complexity index is 179. The van der Waals surface area contributed by atoms with Crippen LogP contribution in [-0.4, -0.2) is 34.7 Å². The molecule has 1 heterocycles. The van der Waals surface area contributed by atoms with Gasteiger partial charge in [0.1, 0.15) is 6.61 Å². The van der Waals surface area contributed by atoms with Gasteiger partial charge in [-0.1, -0.05) is 0 Å². The van der Waals surface area contributed by atoms with Crippen LogP contribution in [0.5, 0.6) is 0 Å². The molecule has 4 nitrogen and oxygen atoms in total. The molecule has 1 aliphatic rings. The first-order chi connectivity index (χ1) is 5.18. The summed E-state index contributed by atoms with van der Waals surface area (Å²) in [5.41, 5.74) is 0. The third-order valence-corrected chi connectivity index (χ3v) is 2.45. The minimum absolute atomic E-state index is 0.0404. The number of carboxylic acid groups (broad SMARTS) is 1. The Morgan fingerprint density at radius 3 is 3.00 bits per heavy atom. The van der Waals surface area contributed by atoms with Crippen molar-refractivity contribution >= 4 is 23.7 Å². The van der Waals surface area contributed by atoms with Gasteiger partial charge in [-0.3, -0.25) is 9.59 Å². The quantitative estimate of drug-likeness (QED) is 0.619. The minimum atomic E-state index is -0.852. The van der Waals surface area contributed by atoms with Gasteiger partial charge in [0.05, 0.1) is 17.4 Å². The molecule has 1 atom stereocenters. The fraction of sp³-hybridized carbons (Fsp3) is 0.667. The van der Waals surface area contributed by atoms with Crippen LogP contribution in [-0.2, 0) is 14.3 Å². The van der Waals surface area contributed by atoms with Crippen molar-refractivity contribution in [2.24, 2.45) is 0 Å². The molecular formula is C6H8O4S. The third kappa shape index (κ3) is 2.80. The van der Waals surface area contributed by atoms with Crippen LogP contribution in [0.3, 0.4) is 0 Å². The van der Waals surface area contributed by atoms with E-state index >= 15 is 0 Å². The lowest BCUT2D eigenvalue weighted by atomic mass is 10.4. The van der Waals surface area contributed by atoms with Crippen molar-refractivity contribution in [3.05, 3.63) is 0 Å². The maximum absolute atomic E-state index is 10.5. The average molecular weight is 176 g/mol. The molecule has 1 saturated heterocycles. The molecule has 0 bridgehead atoms. The second-order valence-electron chi connectivity index (χ2n) is 2.21. The Morgan fingerprint density at radius 1 is 1.82 bits per heavy atom. The molecule has 0 amide bonds. The molecule has 1 unspecified atom stereocenters. The molecule has 0 aromatic heterocycles. The summed E-state index contributed by atoms with van der Waals surface area (Å²) >= 11 is 1.25.